The van der Waals surface area contributed by atoms with E-state index in [1.54, 1.807) is 12.1 Å². The lowest BCUT2D eigenvalue weighted by atomic mass is 10.0. The third-order valence-electron chi connectivity index (χ3n) is 4.46. The summed E-state index contributed by atoms with van der Waals surface area (Å²) >= 11 is 0. The van der Waals surface area contributed by atoms with Crippen LogP contribution in [-0.2, 0) is 9.53 Å². The van der Waals surface area contributed by atoms with Crippen molar-refractivity contribution in [3.63, 3.8) is 0 Å². The zero-order valence-electron chi connectivity index (χ0n) is 14.2. The average molecular weight is 357 g/mol. The van der Waals surface area contributed by atoms with E-state index < -0.39 is 24.1 Å². The van der Waals surface area contributed by atoms with Gasteiger partial charge in [0.1, 0.15) is 18.5 Å². The van der Waals surface area contributed by atoms with Crippen molar-refractivity contribution in [1.82, 2.24) is 4.90 Å². The van der Waals surface area contributed by atoms with E-state index in [1.165, 1.54) is 12.1 Å². The first-order valence-electron chi connectivity index (χ1n) is 8.54. The van der Waals surface area contributed by atoms with E-state index >= 15 is 0 Å². The number of carbonyl (C=O) groups is 2. The minimum Gasteiger partial charge on any atom is -0.446 e. The molecule has 26 heavy (non-hydrogen) atoms. The highest BCUT2D eigenvalue weighted by Crippen LogP contribution is 2.29. The Labute approximate surface area is 151 Å². The number of hydrogen-bond donors (Lipinski definition) is 1. The van der Waals surface area contributed by atoms with Gasteiger partial charge in [-0.05, 0) is 24.5 Å². The van der Waals surface area contributed by atoms with Gasteiger partial charge in [-0.2, -0.15) is 0 Å². The van der Waals surface area contributed by atoms with E-state index in [1.807, 2.05) is 30.3 Å². The van der Waals surface area contributed by atoms with Crippen molar-refractivity contribution in [3.8, 4) is 0 Å². The summed E-state index contributed by atoms with van der Waals surface area (Å²) in [5.74, 6) is -0.833. The summed E-state index contributed by atoms with van der Waals surface area (Å²) in [7, 11) is 0. The van der Waals surface area contributed by atoms with Crippen molar-refractivity contribution < 1.29 is 23.8 Å². The predicted molar refractivity (Wildman–Crippen MR) is 92.6 cm³/mol. The van der Waals surface area contributed by atoms with E-state index in [-0.39, 0.29) is 30.9 Å². The molecule has 2 amide bonds. The van der Waals surface area contributed by atoms with Gasteiger partial charge in [-0.1, -0.05) is 48.5 Å². The molecule has 1 N–H and O–H groups in total. The van der Waals surface area contributed by atoms with Gasteiger partial charge in [-0.3, -0.25) is 4.79 Å². The maximum atomic E-state index is 13.7. The first-order chi connectivity index (χ1) is 12.6. The maximum absolute atomic E-state index is 13.7. The summed E-state index contributed by atoms with van der Waals surface area (Å²) in [5, 5.41) is 10.1. The molecule has 1 heterocycles. The number of benzene rings is 2. The molecule has 1 saturated heterocycles. The molecule has 1 unspecified atom stereocenters. The molecule has 1 aliphatic rings. The van der Waals surface area contributed by atoms with Crippen LogP contribution in [-0.4, -0.2) is 28.6 Å². The topological polar surface area (TPSA) is 66.8 Å². The summed E-state index contributed by atoms with van der Waals surface area (Å²) in [4.78, 5) is 25.6. The van der Waals surface area contributed by atoms with Crippen molar-refractivity contribution in [3.05, 3.63) is 71.5 Å². The summed E-state index contributed by atoms with van der Waals surface area (Å²) in [6.07, 6.45) is -1.01. The van der Waals surface area contributed by atoms with Crippen LogP contribution in [0.15, 0.2) is 54.6 Å². The number of aliphatic hydroxyl groups excluding tert-OH is 1. The Kier molecular flexibility index (Phi) is 5.63. The van der Waals surface area contributed by atoms with Crippen LogP contribution < -0.4 is 0 Å². The molecule has 0 spiro atoms. The van der Waals surface area contributed by atoms with Crippen molar-refractivity contribution in [2.45, 2.75) is 31.4 Å². The second-order valence-electron chi connectivity index (χ2n) is 6.20. The molecule has 0 saturated carbocycles. The number of cyclic esters (lactones) is 1. The lowest BCUT2D eigenvalue weighted by molar-refractivity contribution is -0.129. The molecule has 3 rings (SSSR count). The summed E-state index contributed by atoms with van der Waals surface area (Å²) in [6.45, 7) is 0.131. The van der Waals surface area contributed by atoms with Gasteiger partial charge in [0, 0.05) is 12.0 Å². The number of nitrogens with zero attached hydrogens (tertiary/aromatic N) is 1. The van der Waals surface area contributed by atoms with Crippen LogP contribution in [0.1, 0.15) is 42.5 Å². The van der Waals surface area contributed by atoms with Gasteiger partial charge < -0.3 is 9.84 Å². The van der Waals surface area contributed by atoms with Crippen LogP contribution in [0.25, 0.3) is 0 Å². The number of amides is 2. The van der Waals surface area contributed by atoms with Crippen LogP contribution in [0.2, 0.25) is 0 Å². The van der Waals surface area contributed by atoms with Gasteiger partial charge in [-0.25, -0.2) is 14.1 Å². The third kappa shape index (κ3) is 3.91. The fourth-order valence-corrected chi connectivity index (χ4v) is 3.09. The van der Waals surface area contributed by atoms with Crippen LogP contribution in [0.4, 0.5) is 9.18 Å². The summed E-state index contributed by atoms with van der Waals surface area (Å²) < 4.78 is 18.7. The van der Waals surface area contributed by atoms with E-state index in [9.17, 15) is 19.1 Å². The number of carbonyl (C=O) groups excluding carboxylic acids is 2. The lowest BCUT2D eigenvalue weighted by Gasteiger charge is -2.20. The summed E-state index contributed by atoms with van der Waals surface area (Å²) in [6, 6.07) is 14.8. The molecule has 0 aromatic heterocycles. The molecule has 0 radical (unpaired) electrons. The predicted octanol–water partition coefficient (Wildman–Crippen LogP) is 3.75. The van der Waals surface area contributed by atoms with E-state index in [0.717, 1.165) is 10.5 Å². The molecule has 0 bridgehead atoms. The fraction of sp³-hybridized carbons (Fsp3) is 0.300. The van der Waals surface area contributed by atoms with Crippen LogP contribution in [0, 0.1) is 5.82 Å². The molecule has 2 atom stereocenters. The van der Waals surface area contributed by atoms with E-state index in [2.05, 4.69) is 0 Å². The molecular formula is C20H20FNO4. The van der Waals surface area contributed by atoms with Gasteiger partial charge in [0.2, 0.25) is 5.91 Å². The second-order valence-corrected chi connectivity index (χ2v) is 6.20. The van der Waals surface area contributed by atoms with E-state index in [4.69, 9.17) is 4.74 Å². The zero-order chi connectivity index (χ0) is 18.5. The molecule has 1 fully saturated rings. The Morgan fingerprint density at radius 2 is 1.88 bits per heavy atom. The number of imide groups is 1. The van der Waals surface area contributed by atoms with E-state index in [0.29, 0.717) is 6.42 Å². The first-order valence-corrected chi connectivity index (χ1v) is 8.54. The molecule has 1 aliphatic heterocycles. The standard InChI is InChI=1S/C20H20FNO4/c21-16-10-5-4-9-15(16)18(23)11-6-12-19(24)22-17(13-26-20(22)25)14-7-2-1-3-8-14/h1-5,7-10,17-18,23H,6,11-13H2/t17-,18?/m1/s1. The van der Waals surface area contributed by atoms with Crippen molar-refractivity contribution in [2.24, 2.45) is 0 Å². The van der Waals surface area contributed by atoms with Crippen LogP contribution >= 0.6 is 0 Å². The van der Waals surface area contributed by atoms with Crippen molar-refractivity contribution in [1.29, 1.82) is 0 Å². The monoisotopic (exact) mass is 357 g/mol. The van der Waals surface area contributed by atoms with Crippen LogP contribution in [0.5, 0.6) is 0 Å². The highest BCUT2D eigenvalue weighted by atomic mass is 19.1. The number of hydrogen-bond acceptors (Lipinski definition) is 4. The number of ether oxygens (including phenoxy) is 1. The molecule has 5 nitrogen and oxygen atoms in total. The fourth-order valence-electron chi connectivity index (χ4n) is 3.09. The van der Waals surface area contributed by atoms with Gasteiger partial charge in [0.05, 0.1) is 6.10 Å². The van der Waals surface area contributed by atoms with Gasteiger partial charge in [0.25, 0.3) is 0 Å². The molecule has 2 aromatic rings. The maximum Gasteiger partial charge on any atom is 0.417 e. The minimum atomic E-state index is -0.987. The Hall–Kier alpha value is -2.73. The number of aliphatic hydroxyl groups is 1. The molecule has 136 valence electrons. The van der Waals surface area contributed by atoms with Crippen molar-refractivity contribution >= 4 is 12.0 Å². The first kappa shape index (κ1) is 18.1. The molecule has 6 heteroatoms. The molecule has 0 aliphatic carbocycles. The number of halogens is 1. The second kappa shape index (κ2) is 8.10. The number of rotatable bonds is 6. The lowest BCUT2D eigenvalue weighted by Crippen LogP contribution is -2.34. The summed E-state index contributed by atoms with van der Waals surface area (Å²) in [5.41, 5.74) is 1.04. The quantitative estimate of drug-likeness (QED) is 0.855. The Morgan fingerprint density at radius 3 is 2.62 bits per heavy atom. The Balaban J connectivity index is 1.58. The SMILES string of the molecule is O=C(CCCC(O)c1ccccc1F)N1C(=O)OC[C@@H]1c1ccccc1. The normalized spacial score (nSPS) is 17.8. The highest BCUT2D eigenvalue weighted by Gasteiger charge is 2.38. The third-order valence-corrected chi connectivity index (χ3v) is 4.46. The Bertz CT molecular complexity index is 780. The largest absolute Gasteiger partial charge is 0.446 e. The Morgan fingerprint density at radius 1 is 1.19 bits per heavy atom. The van der Waals surface area contributed by atoms with Gasteiger partial charge >= 0.3 is 6.09 Å². The zero-order valence-corrected chi connectivity index (χ0v) is 14.2. The molecular weight excluding hydrogens is 337 g/mol. The van der Waals surface area contributed by atoms with Crippen LogP contribution in [0.3, 0.4) is 0 Å². The van der Waals surface area contributed by atoms with Crippen molar-refractivity contribution in [2.75, 3.05) is 6.61 Å². The average Bonchev–Trinajstić information content (AvgIpc) is 3.04. The van der Waals surface area contributed by atoms with Gasteiger partial charge in [-0.15, -0.1) is 0 Å². The molecule has 2 aromatic carbocycles. The smallest absolute Gasteiger partial charge is 0.417 e. The minimum absolute atomic E-state index is 0.0734. The van der Waals surface area contributed by atoms with Gasteiger partial charge in [0.15, 0.2) is 0 Å². The highest BCUT2D eigenvalue weighted by molar-refractivity contribution is 5.93.